The third-order valence-electron chi connectivity index (χ3n) is 10.0. The molecule has 2 aliphatic carbocycles. The Balaban J connectivity index is 1.10. The van der Waals surface area contributed by atoms with E-state index in [1.54, 1.807) is 0 Å². The Bertz CT molecular complexity index is 1870. The molecule has 4 nitrogen and oxygen atoms in total. The van der Waals surface area contributed by atoms with E-state index >= 15 is 0 Å². The van der Waals surface area contributed by atoms with Crippen LogP contribution in [0, 0.1) is 23.7 Å². The first-order valence-electron chi connectivity index (χ1n) is 15.4. The topological polar surface area (TPSA) is 52.6 Å². The molecule has 0 radical (unpaired) electrons. The summed E-state index contributed by atoms with van der Waals surface area (Å²) in [6.07, 6.45) is 3.17. The van der Waals surface area contributed by atoms with Crippen molar-refractivity contribution in [3.8, 4) is 0 Å². The van der Waals surface area contributed by atoms with Crippen LogP contribution < -0.4 is 0 Å². The molecule has 42 heavy (non-hydrogen) atoms. The van der Waals surface area contributed by atoms with Crippen LogP contribution in [0.15, 0.2) is 78.9 Å². The van der Waals surface area contributed by atoms with Crippen molar-refractivity contribution in [1.29, 1.82) is 0 Å². The van der Waals surface area contributed by atoms with Crippen LogP contribution in [-0.4, -0.2) is 18.0 Å². The van der Waals surface area contributed by atoms with E-state index in [1.807, 2.05) is 27.7 Å². The van der Waals surface area contributed by atoms with Crippen molar-refractivity contribution in [3.05, 3.63) is 84.4 Å². The van der Waals surface area contributed by atoms with Gasteiger partial charge in [0.15, 0.2) is 0 Å². The summed E-state index contributed by atoms with van der Waals surface area (Å²) in [7, 11) is 0. The zero-order valence-corrected chi connectivity index (χ0v) is 24.9. The molecule has 5 aromatic carbocycles. The highest BCUT2D eigenvalue weighted by molar-refractivity contribution is 6.08. The monoisotopic (exact) mass is 558 g/mol. The lowest BCUT2D eigenvalue weighted by Crippen LogP contribution is -2.35. The Morgan fingerprint density at radius 2 is 1.29 bits per heavy atom. The van der Waals surface area contributed by atoms with Crippen molar-refractivity contribution in [2.75, 3.05) is 0 Å². The summed E-state index contributed by atoms with van der Waals surface area (Å²) in [5, 5.41) is 9.68. The molecule has 0 aromatic heterocycles. The highest BCUT2D eigenvalue weighted by atomic mass is 16.6. The molecule has 0 heterocycles. The Labute approximate surface area is 247 Å². The maximum absolute atomic E-state index is 13.4. The number of esters is 2. The second-order valence-electron chi connectivity index (χ2n) is 13.2. The van der Waals surface area contributed by atoms with Crippen molar-refractivity contribution in [1.82, 2.24) is 0 Å². The zero-order chi connectivity index (χ0) is 29.2. The molecule has 5 aromatic rings. The van der Waals surface area contributed by atoms with Crippen molar-refractivity contribution < 1.29 is 19.1 Å². The van der Waals surface area contributed by atoms with E-state index in [4.69, 9.17) is 9.47 Å². The molecule has 0 spiro atoms. The average Bonchev–Trinajstić information content (AvgIpc) is 3.58. The minimum atomic E-state index is -0.757. The largest absolute Gasteiger partial charge is 0.462 e. The van der Waals surface area contributed by atoms with Gasteiger partial charge in [-0.3, -0.25) is 9.59 Å². The lowest BCUT2D eigenvalue weighted by Gasteiger charge is -2.31. The quantitative estimate of drug-likeness (QED) is 0.154. The second kappa shape index (κ2) is 10.1. The molecule has 0 N–H and O–H groups in total. The van der Waals surface area contributed by atoms with Gasteiger partial charge in [0.2, 0.25) is 0 Å². The van der Waals surface area contributed by atoms with Crippen LogP contribution in [-0.2, 0) is 24.7 Å². The van der Waals surface area contributed by atoms with Gasteiger partial charge in [-0.1, -0.05) is 50.2 Å². The van der Waals surface area contributed by atoms with E-state index in [2.05, 4.69) is 78.9 Å². The zero-order valence-electron chi connectivity index (χ0n) is 24.9. The molecule has 5 unspecified atom stereocenters. The molecular weight excluding hydrogens is 520 g/mol. The summed E-state index contributed by atoms with van der Waals surface area (Å²) in [5.41, 5.74) is 0.227. The minimum Gasteiger partial charge on any atom is -0.462 e. The Hall–Kier alpha value is -3.92. The van der Waals surface area contributed by atoms with Crippen LogP contribution >= 0.6 is 0 Å². The fourth-order valence-electron chi connectivity index (χ4n) is 7.29. The first-order valence-corrected chi connectivity index (χ1v) is 15.4. The number of carbonyl (C=O) groups excluding carboxylic acids is 2. The number of fused-ring (bicyclic) bond motifs is 6. The van der Waals surface area contributed by atoms with E-state index in [1.165, 1.54) is 37.7 Å². The van der Waals surface area contributed by atoms with E-state index in [0.717, 1.165) is 36.6 Å². The Kier molecular flexibility index (Phi) is 6.49. The van der Waals surface area contributed by atoms with Gasteiger partial charge in [-0.15, -0.1) is 0 Å². The number of rotatable bonds is 6. The maximum Gasteiger partial charge on any atom is 0.310 e. The molecule has 0 aliphatic heterocycles. The number of carbonyl (C=O) groups is 2. The Morgan fingerprint density at radius 1 is 0.738 bits per heavy atom. The molecule has 2 bridgehead atoms. The van der Waals surface area contributed by atoms with Gasteiger partial charge in [0.1, 0.15) is 11.7 Å². The molecule has 4 heteroatoms. The van der Waals surface area contributed by atoms with Crippen molar-refractivity contribution >= 4 is 55.0 Å². The van der Waals surface area contributed by atoms with Gasteiger partial charge >= 0.3 is 11.9 Å². The van der Waals surface area contributed by atoms with E-state index in [9.17, 15) is 9.59 Å². The van der Waals surface area contributed by atoms with Crippen molar-refractivity contribution in [3.63, 3.8) is 0 Å². The normalized spacial score (nSPS) is 22.7. The fourth-order valence-corrected chi connectivity index (χ4v) is 7.29. The summed E-state index contributed by atoms with van der Waals surface area (Å²) in [6, 6.07) is 28.5. The lowest BCUT2D eigenvalue weighted by molar-refractivity contribution is -0.166. The molecule has 0 amide bonds. The summed E-state index contributed by atoms with van der Waals surface area (Å²) >= 11 is 0. The third-order valence-corrected chi connectivity index (χ3v) is 10.0. The predicted octanol–water partition coefficient (Wildman–Crippen LogP) is 9.08. The molecule has 2 aliphatic rings. The highest BCUT2D eigenvalue weighted by Gasteiger charge is 2.51. The summed E-state index contributed by atoms with van der Waals surface area (Å²) < 4.78 is 12.0. The number of hydrogen-bond acceptors (Lipinski definition) is 4. The molecule has 5 atom stereocenters. The minimum absolute atomic E-state index is 0.0558. The first kappa shape index (κ1) is 26.9. The average molecular weight is 559 g/mol. The maximum atomic E-state index is 13.4. The van der Waals surface area contributed by atoms with E-state index in [0.29, 0.717) is 0 Å². The fraction of sp³-hybridized carbons (Fsp3) is 0.368. The lowest BCUT2D eigenvalue weighted by atomic mass is 9.86. The van der Waals surface area contributed by atoms with Gasteiger partial charge in [0.05, 0.1) is 11.8 Å². The van der Waals surface area contributed by atoms with E-state index in [-0.39, 0.29) is 41.7 Å². The first-order chi connectivity index (χ1) is 20.2. The van der Waals surface area contributed by atoms with Crippen LogP contribution in [0.3, 0.4) is 0 Å². The standard InChI is InChI=1S/C38H38O4/c1-5-22(2)36(39)41-35-21-31-18-32(35)20-34(31)37(40)42-38(3,4)33-11-10-25-14-28-15-26-12-23-8-6-7-9-24(23)13-27(26)16-29(28)17-30(25)19-33/h6-17,19,22,31-32,34-35H,5,18,20-21H2,1-4H3. The van der Waals surface area contributed by atoms with Crippen molar-refractivity contribution in [2.45, 2.75) is 65.1 Å². The van der Waals surface area contributed by atoms with Crippen molar-refractivity contribution in [2.24, 2.45) is 23.7 Å². The SMILES string of the molecule is CCC(C)C(=O)OC1CC2CC1CC2C(=O)OC(C)(C)c1ccc2cc3cc4cc5ccccc5cc4cc3cc2c1. The van der Waals surface area contributed by atoms with Gasteiger partial charge in [-0.2, -0.15) is 0 Å². The smallest absolute Gasteiger partial charge is 0.310 e. The predicted molar refractivity (Wildman–Crippen MR) is 169 cm³/mol. The van der Waals surface area contributed by atoms with Crippen LogP contribution in [0.2, 0.25) is 0 Å². The summed E-state index contributed by atoms with van der Waals surface area (Å²) in [4.78, 5) is 25.8. The van der Waals surface area contributed by atoms with Gasteiger partial charge in [-0.05, 0) is 142 Å². The van der Waals surface area contributed by atoms with E-state index < -0.39 is 5.60 Å². The summed E-state index contributed by atoms with van der Waals surface area (Å²) in [6.45, 7) is 7.88. The number of benzene rings is 5. The molecule has 0 saturated heterocycles. The molecule has 2 fully saturated rings. The molecule has 7 rings (SSSR count). The number of hydrogen-bond donors (Lipinski definition) is 0. The molecule has 2 saturated carbocycles. The summed E-state index contributed by atoms with van der Waals surface area (Å²) in [5.74, 6) is 0.0409. The molecular formula is C38H38O4. The second-order valence-corrected chi connectivity index (χ2v) is 13.2. The van der Waals surface area contributed by atoms with Gasteiger partial charge in [-0.25, -0.2) is 0 Å². The van der Waals surface area contributed by atoms with Crippen LogP contribution in [0.4, 0.5) is 0 Å². The van der Waals surface area contributed by atoms with Gasteiger partial charge < -0.3 is 9.47 Å². The van der Waals surface area contributed by atoms with Gasteiger partial charge in [0.25, 0.3) is 0 Å². The van der Waals surface area contributed by atoms with Crippen LogP contribution in [0.5, 0.6) is 0 Å². The van der Waals surface area contributed by atoms with Gasteiger partial charge in [0, 0.05) is 0 Å². The third kappa shape index (κ3) is 4.71. The van der Waals surface area contributed by atoms with Crippen LogP contribution in [0.25, 0.3) is 43.1 Å². The highest BCUT2D eigenvalue weighted by Crippen LogP contribution is 2.51. The number of ether oxygens (including phenoxy) is 2. The molecule has 214 valence electrons. The van der Waals surface area contributed by atoms with Crippen LogP contribution in [0.1, 0.15) is 58.9 Å². The Morgan fingerprint density at radius 3 is 1.83 bits per heavy atom.